The van der Waals surface area contributed by atoms with Gasteiger partial charge >= 0.3 is 0 Å². The molecule has 0 saturated heterocycles. The van der Waals surface area contributed by atoms with Crippen LogP contribution in [0.4, 0.5) is 0 Å². The van der Waals surface area contributed by atoms with E-state index < -0.39 is 0 Å². The van der Waals surface area contributed by atoms with Gasteiger partial charge in [0.05, 0.1) is 6.61 Å². The zero-order chi connectivity index (χ0) is 9.56. The fourth-order valence-corrected chi connectivity index (χ4v) is 1.09. The van der Waals surface area contributed by atoms with Crippen LogP contribution in [0.15, 0.2) is 0 Å². The number of hydrogen-bond acceptors (Lipinski definition) is 3. The Labute approximate surface area is 76.3 Å². The number of unbranched alkanes of at least 4 members (excludes halogenated alkanes) is 1. The van der Waals surface area contributed by atoms with Gasteiger partial charge in [-0.3, -0.25) is 9.80 Å². The summed E-state index contributed by atoms with van der Waals surface area (Å²) in [6.45, 7) is 3.02. The Hall–Kier alpha value is -0.120. The van der Waals surface area contributed by atoms with Crippen molar-refractivity contribution in [3.63, 3.8) is 0 Å². The van der Waals surface area contributed by atoms with E-state index in [1.54, 1.807) is 0 Å². The zero-order valence-electron chi connectivity index (χ0n) is 9.00. The normalized spacial score (nSPS) is 12.0. The third-order valence-electron chi connectivity index (χ3n) is 1.65. The monoisotopic (exact) mass is 174 g/mol. The quantitative estimate of drug-likeness (QED) is 0.444. The molecule has 0 aromatic carbocycles. The topological polar surface area (TPSA) is 15.7 Å². The van der Waals surface area contributed by atoms with Gasteiger partial charge in [0, 0.05) is 0 Å². The molecule has 0 N–H and O–H groups in total. The third-order valence-corrected chi connectivity index (χ3v) is 1.65. The number of hydrogen-bond donors (Lipinski definition) is 0. The van der Waals surface area contributed by atoms with Crippen molar-refractivity contribution in [3.8, 4) is 0 Å². The van der Waals surface area contributed by atoms with Crippen LogP contribution in [0.3, 0.4) is 0 Å². The minimum Gasteiger partial charge on any atom is -0.350 e. The number of ether oxygens (including phenoxy) is 1. The maximum absolute atomic E-state index is 5.66. The highest BCUT2D eigenvalue weighted by molar-refractivity contribution is 4.49. The molecule has 0 spiro atoms. The molecule has 0 aliphatic rings. The predicted molar refractivity (Wildman–Crippen MR) is 52.0 cm³/mol. The molecule has 0 saturated carbocycles. The van der Waals surface area contributed by atoms with E-state index in [0.717, 1.165) is 13.0 Å². The molecule has 0 rings (SSSR count). The minimum atomic E-state index is 0.108. The predicted octanol–water partition coefficient (Wildman–Crippen LogP) is 1.21. The molecule has 0 aliphatic heterocycles. The Morgan fingerprint density at radius 1 is 1.08 bits per heavy atom. The molecule has 0 aromatic rings. The maximum Gasteiger partial charge on any atom is 0.167 e. The molecule has 0 atom stereocenters. The Balaban J connectivity index is 3.64. The van der Waals surface area contributed by atoms with Crippen molar-refractivity contribution in [1.82, 2.24) is 9.80 Å². The summed E-state index contributed by atoms with van der Waals surface area (Å²) in [5.41, 5.74) is 0. The van der Waals surface area contributed by atoms with Gasteiger partial charge in [-0.1, -0.05) is 13.3 Å². The molecule has 3 heteroatoms. The summed E-state index contributed by atoms with van der Waals surface area (Å²) in [4.78, 5) is 4.13. The van der Waals surface area contributed by atoms with Crippen molar-refractivity contribution >= 4 is 0 Å². The maximum atomic E-state index is 5.66. The first-order valence-electron chi connectivity index (χ1n) is 4.54. The second-order valence-corrected chi connectivity index (χ2v) is 3.48. The summed E-state index contributed by atoms with van der Waals surface area (Å²) < 4.78 is 5.66. The largest absolute Gasteiger partial charge is 0.350 e. The van der Waals surface area contributed by atoms with Crippen LogP contribution >= 0.6 is 0 Å². The van der Waals surface area contributed by atoms with Gasteiger partial charge in [-0.05, 0) is 34.6 Å². The average molecular weight is 174 g/mol. The molecular weight excluding hydrogens is 152 g/mol. The second kappa shape index (κ2) is 6.40. The van der Waals surface area contributed by atoms with E-state index in [-0.39, 0.29) is 6.35 Å². The van der Waals surface area contributed by atoms with Crippen LogP contribution in [0.25, 0.3) is 0 Å². The molecular formula is C9H22N2O. The average Bonchev–Trinajstić information content (AvgIpc) is 1.96. The first-order chi connectivity index (χ1) is 5.59. The molecule has 12 heavy (non-hydrogen) atoms. The van der Waals surface area contributed by atoms with Crippen molar-refractivity contribution in [1.29, 1.82) is 0 Å². The molecule has 74 valence electrons. The Kier molecular flexibility index (Phi) is 6.34. The molecule has 0 heterocycles. The van der Waals surface area contributed by atoms with Crippen molar-refractivity contribution in [2.24, 2.45) is 0 Å². The van der Waals surface area contributed by atoms with Crippen LogP contribution in [0, 0.1) is 0 Å². The fraction of sp³-hybridized carbons (Fsp3) is 1.00. The van der Waals surface area contributed by atoms with Crippen LogP contribution in [-0.4, -0.2) is 50.9 Å². The van der Waals surface area contributed by atoms with Gasteiger partial charge in [-0.2, -0.15) is 0 Å². The van der Waals surface area contributed by atoms with Crippen LogP contribution in [-0.2, 0) is 4.74 Å². The Morgan fingerprint density at radius 3 is 1.92 bits per heavy atom. The smallest absolute Gasteiger partial charge is 0.167 e. The lowest BCUT2D eigenvalue weighted by atomic mass is 10.4. The van der Waals surface area contributed by atoms with E-state index in [9.17, 15) is 0 Å². The summed E-state index contributed by atoms with van der Waals surface area (Å²) in [5.74, 6) is 0. The van der Waals surface area contributed by atoms with E-state index >= 15 is 0 Å². The lowest BCUT2D eigenvalue weighted by Crippen LogP contribution is -2.42. The van der Waals surface area contributed by atoms with Crippen molar-refractivity contribution in [3.05, 3.63) is 0 Å². The van der Waals surface area contributed by atoms with Gasteiger partial charge in [0.1, 0.15) is 0 Å². The van der Waals surface area contributed by atoms with Gasteiger partial charge in [-0.15, -0.1) is 0 Å². The third kappa shape index (κ3) is 4.70. The van der Waals surface area contributed by atoms with Crippen LogP contribution in [0.1, 0.15) is 19.8 Å². The SMILES string of the molecule is CCCCOC(N(C)C)N(C)C. The van der Waals surface area contributed by atoms with Crippen LogP contribution in [0.2, 0.25) is 0 Å². The van der Waals surface area contributed by atoms with Crippen LogP contribution < -0.4 is 0 Å². The Bertz CT molecular complexity index is 96.7. The first-order valence-corrected chi connectivity index (χ1v) is 4.54. The lowest BCUT2D eigenvalue weighted by Gasteiger charge is -2.30. The number of rotatable bonds is 6. The zero-order valence-corrected chi connectivity index (χ0v) is 9.00. The van der Waals surface area contributed by atoms with Gasteiger partial charge < -0.3 is 4.74 Å². The minimum absolute atomic E-state index is 0.108. The van der Waals surface area contributed by atoms with Crippen molar-refractivity contribution < 1.29 is 4.74 Å². The van der Waals surface area contributed by atoms with E-state index in [2.05, 4.69) is 16.7 Å². The van der Waals surface area contributed by atoms with Gasteiger partial charge in [0.15, 0.2) is 6.35 Å². The molecule has 0 unspecified atom stereocenters. The van der Waals surface area contributed by atoms with E-state index in [4.69, 9.17) is 4.74 Å². The van der Waals surface area contributed by atoms with Crippen molar-refractivity contribution in [2.75, 3.05) is 34.8 Å². The Morgan fingerprint density at radius 2 is 1.58 bits per heavy atom. The van der Waals surface area contributed by atoms with Gasteiger partial charge in [0.2, 0.25) is 0 Å². The molecule has 0 aliphatic carbocycles. The lowest BCUT2D eigenvalue weighted by molar-refractivity contribution is -0.118. The van der Waals surface area contributed by atoms with Gasteiger partial charge in [0.25, 0.3) is 0 Å². The van der Waals surface area contributed by atoms with E-state index in [1.807, 2.05) is 28.2 Å². The molecule has 0 fully saturated rings. The highest BCUT2D eigenvalue weighted by atomic mass is 16.5. The highest BCUT2D eigenvalue weighted by Gasteiger charge is 2.12. The number of nitrogens with zero attached hydrogens (tertiary/aromatic N) is 2. The summed E-state index contributed by atoms with van der Waals surface area (Å²) >= 11 is 0. The fourth-order valence-electron chi connectivity index (χ4n) is 1.09. The molecule has 0 amide bonds. The van der Waals surface area contributed by atoms with Gasteiger partial charge in [-0.25, -0.2) is 0 Å². The molecule has 0 radical (unpaired) electrons. The van der Waals surface area contributed by atoms with Crippen LogP contribution in [0.5, 0.6) is 0 Å². The first kappa shape index (κ1) is 11.9. The summed E-state index contributed by atoms with van der Waals surface area (Å²) in [6.07, 6.45) is 2.43. The van der Waals surface area contributed by atoms with E-state index in [1.165, 1.54) is 6.42 Å². The summed E-state index contributed by atoms with van der Waals surface area (Å²) in [5, 5.41) is 0. The summed E-state index contributed by atoms with van der Waals surface area (Å²) in [7, 11) is 8.10. The van der Waals surface area contributed by atoms with E-state index in [0.29, 0.717) is 0 Å². The highest BCUT2D eigenvalue weighted by Crippen LogP contribution is 2.00. The molecule has 3 nitrogen and oxygen atoms in total. The summed E-state index contributed by atoms with van der Waals surface area (Å²) in [6, 6.07) is 0. The molecule has 0 aromatic heterocycles. The van der Waals surface area contributed by atoms with Crippen molar-refractivity contribution in [2.45, 2.75) is 26.1 Å². The molecule has 0 bridgehead atoms. The second-order valence-electron chi connectivity index (χ2n) is 3.48. The standard InChI is InChI=1S/C9H22N2O/c1-6-7-8-12-9(10(2)3)11(4)5/h9H,6-8H2,1-5H3.